The van der Waals surface area contributed by atoms with Crippen molar-refractivity contribution >= 4 is 5.97 Å². The molecule has 24 heavy (non-hydrogen) atoms. The fraction of sp³-hybridized carbons (Fsp3) is 0.316. The van der Waals surface area contributed by atoms with Crippen LogP contribution < -0.4 is 4.74 Å². The highest BCUT2D eigenvalue weighted by Gasteiger charge is 2.24. The molecule has 0 amide bonds. The molecule has 2 aliphatic rings. The van der Waals surface area contributed by atoms with E-state index in [0.29, 0.717) is 17.6 Å². The lowest BCUT2D eigenvalue weighted by molar-refractivity contribution is 0.0693. The molecule has 0 spiro atoms. The van der Waals surface area contributed by atoms with E-state index in [9.17, 15) is 9.90 Å². The molecule has 0 radical (unpaired) electrons. The first-order valence-electron chi connectivity index (χ1n) is 8.09. The number of carboxylic acid groups (broad SMARTS) is 1. The van der Waals surface area contributed by atoms with Crippen molar-refractivity contribution in [2.24, 2.45) is 5.92 Å². The summed E-state index contributed by atoms with van der Waals surface area (Å²) in [7, 11) is 0. The molecular formula is C19H16N2O3. The van der Waals surface area contributed by atoms with E-state index in [4.69, 9.17) is 4.74 Å². The van der Waals surface area contributed by atoms with Gasteiger partial charge in [0.25, 0.3) is 0 Å². The average molecular weight is 320 g/mol. The van der Waals surface area contributed by atoms with Crippen LogP contribution in [0.25, 0.3) is 0 Å². The van der Waals surface area contributed by atoms with Crippen LogP contribution in [0.2, 0.25) is 0 Å². The lowest BCUT2D eigenvalue weighted by Crippen LogP contribution is -2.07. The molecule has 5 nitrogen and oxygen atoms in total. The third-order valence-electron chi connectivity index (χ3n) is 4.14. The summed E-state index contributed by atoms with van der Waals surface area (Å²) < 4.78 is 5.80. The number of aromatic carboxylic acids is 1. The van der Waals surface area contributed by atoms with E-state index in [2.05, 4.69) is 28.1 Å². The summed E-state index contributed by atoms with van der Waals surface area (Å²) in [6.07, 6.45) is 5.85. The fourth-order valence-electron chi connectivity index (χ4n) is 2.52. The highest BCUT2D eigenvalue weighted by Crippen LogP contribution is 2.41. The minimum atomic E-state index is -1.11. The van der Waals surface area contributed by atoms with Gasteiger partial charge in [-0.2, -0.15) is 5.10 Å². The summed E-state index contributed by atoms with van der Waals surface area (Å²) in [5.41, 5.74) is 1.35. The predicted octanol–water partition coefficient (Wildman–Crippen LogP) is 3.61. The van der Waals surface area contributed by atoms with Gasteiger partial charge in [-0.3, -0.25) is 0 Å². The van der Waals surface area contributed by atoms with Gasteiger partial charge in [0, 0.05) is 5.92 Å². The van der Waals surface area contributed by atoms with E-state index in [0.717, 1.165) is 12.8 Å². The van der Waals surface area contributed by atoms with Gasteiger partial charge in [-0.15, -0.1) is 5.10 Å². The number of carboxylic acids is 1. The second kappa shape index (κ2) is 5.97. The lowest BCUT2D eigenvalue weighted by Gasteiger charge is -2.10. The zero-order chi connectivity index (χ0) is 16.5. The van der Waals surface area contributed by atoms with E-state index in [1.165, 1.54) is 24.6 Å². The number of rotatable bonds is 4. The Morgan fingerprint density at radius 2 is 2.08 bits per heavy atom. The number of aromatic nitrogens is 2. The van der Waals surface area contributed by atoms with Gasteiger partial charge in [0.15, 0.2) is 11.4 Å². The molecule has 1 aromatic carbocycles. The average Bonchev–Trinajstić information content (AvgIpc) is 3.47. The topological polar surface area (TPSA) is 72.3 Å². The van der Waals surface area contributed by atoms with Crippen LogP contribution in [-0.2, 0) is 0 Å². The van der Waals surface area contributed by atoms with Crippen LogP contribution in [0.4, 0.5) is 0 Å². The van der Waals surface area contributed by atoms with Gasteiger partial charge < -0.3 is 9.84 Å². The fourth-order valence-corrected chi connectivity index (χ4v) is 2.52. The van der Waals surface area contributed by atoms with Crippen molar-refractivity contribution in [1.82, 2.24) is 10.2 Å². The van der Waals surface area contributed by atoms with Crippen molar-refractivity contribution in [1.29, 1.82) is 0 Å². The second-order valence-corrected chi connectivity index (χ2v) is 6.23. The summed E-state index contributed by atoms with van der Waals surface area (Å²) >= 11 is 0. The molecule has 0 aliphatic heterocycles. The first-order chi connectivity index (χ1) is 11.7. The quantitative estimate of drug-likeness (QED) is 0.871. The Morgan fingerprint density at radius 3 is 2.79 bits per heavy atom. The van der Waals surface area contributed by atoms with Crippen LogP contribution in [0, 0.1) is 17.8 Å². The summed E-state index contributed by atoms with van der Waals surface area (Å²) in [5.74, 6) is 6.48. The maximum absolute atomic E-state index is 11.7. The SMILES string of the molecule is O=C(O)c1c(Oc2cccc(C3CC3)c2)cnnc1C#CC1CC1. The molecule has 5 heteroatoms. The second-order valence-electron chi connectivity index (χ2n) is 6.23. The Balaban J connectivity index is 1.66. The highest BCUT2D eigenvalue weighted by molar-refractivity contribution is 5.93. The number of hydrogen-bond donors (Lipinski definition) is 1. The van der Waals surface area contributed by atoms with Gasteiger partial charge in [0.2, 0.25) is 0 Å². The van der Waals surface area contributed by atoms with Gasteiger partial charge in [-0.25, -0.2) is 4.79 Å². The normalized spacial score (nSPS) is 16.2. The van der Waals surface area contributed by atoms with E-state index >= 15 is 0 Å². The molecular weight excluding hydrogens is 304 g/mol. The van der Waals surface area contributed by atoms with Gasteiger partial charge in [0.05, 0.1) is 6.20 Å². The minimum Gasteiger partial charge on any atom is -0.477 e. The van der Waals surface area contributed by atoms with Gasteiger partial charge in [-0.1, -0.05) is 18.1 Å². The third kappa shape index (κ3) is 3.23. The zero-order valence-electron chi connectivity index (χ0n) is 13.0. The predicted molar refractivity (Wildman–Crippen MR) is 87.1 cm³/mol. The van der Waals surface area contributed by atoms with Crippen LogP contribution in [0.3, 0.4) is 0 Å². The van der Waals surface area contributed by atoms with Gasteiger partial charge >= 0.3 is 5.97 Å². The smallest absolute Gasteiger partial charge is 0.342 e. The van der Waals surface area contributed by atoms with Crippen molar-refractivity contribution < 1.29 is 14.6 Å². The van der Waals surface area contributed by atoms with Crippen LogP contribution in [0.1, 0.15) is 53.2 Å². The summed E-state index contributed by atoms with van der Waals surface area (Å²) in [5, 5.41) is 17.3. The van der Waals surface area contributed by atoms with Crippen LogP contribution in [0.15, 0.2) is 30.5 Å². The molecule has 0 unspecified atom stereocenters. The molecule has 2 fully saturated rings. The Morgan fingerprint density at radius 1 is 1.25 bits per heavy atom. The number of nitrogens with zero attached hydrogens (tertiary/aromatic N) is 2. The van der Waals surface area contributed by atoms with E-state index in [1.54, 1.807) is 0 Å². The van der Waals surface area contributed by atoms with E-state index in [-0.39, 0.29) is 17.0 Å². The van der Waals surface area contributed by atoms with Gasteiger partial charge in [0.1, 0.15) is 11.3 Å². The van der Waals surface area contributed by atoms with Crippen LogP contribution >= 0.6 is 0 Å². The standard InChI is InChI=1S/C19H16N2O3/c22-19(23)18-16(9-6-12-4-5-12)21-20-11-17(18)24-15-3-1-2-14(10-15)13-7-8-13/h1-3,10-13H,4-5,7-8H2,(H,22,23). The summed E-state index contributed by atoms with van der Waals surface area (Å²) in [4.78, 5) is 11.7. The number of hydrogen-bond acceptors (Lipinski definition) is 4. The van der Waals surface area contributed by atoms with E-state index < -0.39 is 5.97 Å². The Labute approximate surface area is 139 Å². The Bertz CT molecular complexity index is 858. The monoisotopic (exact) mass is 320 g/mol. The zero-order valence-corrected chi connectivity index (χ0v) is 13.0. The van der Waals surface area contributed by atoms with Crippen molar-refractivity contribution in [2.45, 2.75) is 31.6 Å². The molecule has 1 aromatic heterocycles. The Hall–Kier alpha value is -2.87. The Kier molecular flexibility index (Phi) is 3.66. The number of benzene rings is 1. The van der Waals surface area contributed by atoms with Crippen LogP contribution in [0.5, 0.6) is 11.5 Å². The van der Waals surface area contributed by atoms with Crippen molar-refractivity contribution in [3.63, 3.8) is 0 Å². The third-order valence-corrected chi connectivity index (χ3v) is 4.14. The molecule has 4 rings (SSSR count). The summed E-state index contributed by atoms with van der Waals surface area (Å²) in [6.45, 7) is 0. The molecule has 120 valence electrons. The largest absolute Gasteiger partial charge is 0.477 e. The highest BCUT2D eigenvalue weighted by atomic mass is 16.5. The maximum atomic E-state index is 11.7. The van der Waals surface area contributed by atoms with Crippen molar-refractivity contribution in [3.05, 3.63) is 47.3 Å². The first kappa shape index (κ1) is 14.7. The van der Waals surface area contributed by atoms with E-state index in [1.807, 2.05) is 18.2 Å². The minimum absolute atomic E-state index is 0.0324. The lowest BCUT2D eigenvalue weighted by atomic mass is 10.1. The summed E-state index contributed by atoms with van der Waals surface area (Å²) in [6, 6.07) is 7.76. The molecule has 0 atom stereocenters. The van der Waals surface area contributed by atoms with Gasteiger partial charge in [-0.05, 0) is 55.2 Å². The molecule has 0 bridgehead atoms. The maximum Gasteiger partial charge on any atom is 0.342 e. The molecule has 2 saturated carbocycles. The molecule has 1 heterocycles. The number of carbonyl (C=O) groups is 1. The molecule has 2 aliphatic carbocycles. The number of ether oxygens (including phenoxy) is 1. The molecule has 2 aromatic rings. The molecule has 1 N–H and O–H groups in total. The van der Waals surface area contributed by atoms with Crippen molar-refractivity contribution in [3.8, 4) is 23.3 Å². The molecule has 0 saturated heterocycles. The first-order valence-corrected chi connectivity index (χ1v) is 8.09. The van der Waals surface area contributed by atoms with Crippen molar-refractivity contribution in [2.75, 3.05) is 0 Å². The van der Waals surface area contributed by atoms with Crippen LogP contribution in [-0.4, -0.2) is 21.3 Å².